The predicted octanol–water partition coefficient (Wildman–Crippen LogP) is 5.04. The van der Waals surface area contributed by atoms with Gasteiger partial charge in [-0.1, -0.05) is 49.4 Å². The number of ether oxygens (including phenoxy) is 1. The summed E-state index contributed by atoms with van der Waals surface area (Å²) in [7, 11) is 0. The van der Waals surface area contributed by atoms with E-state index in [1.807, 2.05) is 0 Å². The molecule has 3 rings (SSSR count). The van der Waals surface area contributed by atoms with Gasteiger partial charge in [0.15, 0.2) is 0 Å². The fourth-order valence-corrected chi connectivity index (χ4v) is 3.52. The number of rotatable bonds is 8. The van der Waals surface area contributed by atoms with Crippen LogP contribution in [0.25, 0.3) is 6.08 Å². The summed E-state index contributed by atoms with van der Waals surface area (Å²) in [5.74, 6) is -0.0632. The molecule has 0 bridgehead atoms. The minimum atomic E-state index is -1.18. The highest BCUT2D eigenvalue weighted by Gasteiger charge is 2.17. The maximum Gasteiger partial charge on any atom is 0.352 e. The first-order chi connectivity index (χ1) is 14.0. The molecule has 0 radical (unpaired) electrons. The smallest absolute Gasteiger partial charge is 0.352 e. The first kappa shape index (κ1) is 20.9. The Kier molecular flexibility index (Phi) is 7.25. The quantitative estimate of drug-likeness (QED) is 0.591. The van der Waals surface area contributed by atoms with Crippen LogP contribution in [0.15, 0.2) is 48.3 Å². The van der Waals surface area contributed by atoms with E-state index in [0.717, 1.165) is 19.3 Å². The summed E-state index contributed by atoms with van der Waals surface area (Å²) in [6.45, 7) is 0. The molecule has 1 aromatic carbocycles. The number of hydrogen-bond acceptors (Lipinski definition) is 4. The fraction of sp³-hybridized carbons (Fsp3) is 0.318. The van der Waals surface area contributed by atoms with Gasteiger partial charge in [0, 0.05) is 12.6 Å². The van der Waals surface area contributed by atoms with E-state index in [1.165, 1.54) is 18.9 Å². The summed E-state index contributed by atoms with van der Waals surface area (Å²) < 4.78 is 5.61. The Morgan fingerprint density at radius 3 is 2.59 bits per heavy atom. The Labute approximate surface area is 174 Å². The summed E-state index contributed by atoms with van der Waals surface area (Å²) in [5, 5.41) is 12.3. The molecule has 1 aromatic heterocycles. The molecule has 6 nitrogen and oxygen atoms in total. The van der Waals surface area contributed by atoms with E-state index >= 15 is 0 Å². The maximum absolute atomic E-state index is 12.1. The average molecular weight is 415 g/mol. The number of pyridine rings is 1. The predicted molar refractivity (Wildman–Crippen MR) is 111 cm³/mol. The minimum absolute atomic E-state index is 0.150. The van der Waals surface area contributed by atoms with Crippen molar-refractivity contribution in [3.8, 4) is 11.6 Å². The summed E-state index contributed by atoms with van der Waals surface area (Å²) in [4.78, 5) is 27.7. The van der Waals surface area contributed by atoms with Gasteiger partial charge < -0.3 is 15.2 Å². The number of amides is 1. The molecule has 1 saturated carbocycles. The number of nitrogens with one attached hydrogen (secondary N) is 1. The van der Waals surface area contributed by atoms with Crippen LogP contribution < -0.4 is 10.1 Å². The SMILES string of the molecule is O=C(CCC1CCCC1)N/C(=C/c1ccc(Oc2ncccc2Cl)cc1)C(=O)O. The van der Waals surface area contributed by atoms with Crippen LogP contribution >= 0.6 is 11.6 Å². The van der Waals surface area contributed by atoms with Gasteiger partial charge in [0.25, 0.3) is 0 Å². The maximum atomic E-state index is 12.1. The Hall–Kier alpha value is -2.86. The largest absolute Gasteiger partial charge is 0.477 e. The first-order valence-corrected chi connectivity index (χ1v) is 10.0. The van der Waals surface area contributed by atoms with Crippen LogP contribution in [0.1, 0.15) is 44.1 Å². The van der Waals surface area contributed by atoms with E-state index in [4.69, 9.17) is 16.3 Å². The molecule has 0 spiro atoms. The Balaban J connectivity index is 1.61. The number of aromatic nitrogens is 1. The van der Waals surface area contributed by atoms with Crippen molar-refractivity contribution >= 4 is 29.6 Å². The Morgan fingerprint density at radius 2 is 1.93 bits per heavy atom. The van der Waals surface area contributed by atoms with Crippen LogP contribution in [0.2, 0.25) is 5.02 Å². The number of aliphatic carboxylic acids is 1. The molecule has 0 atom stereocenters. The Bertz CT molecular complexity index is 890. The molecule has 1 heterocycles. The molecule has 2 N–H and O–H groups in total. The summed E-state index contributed by atoms with van der Waals surface area (Å²) in [5.41, 5.74) is 0.473. The van der Waals surface area contributed by atoms with Crippen molar-refractivity contribution in [1.82, 2.24) is 10.3 Å². The molecule has 2 aromatic rings. The van der Waals surface area contributed by atoms with E-state index < -0.39 is 5.97 Å². The fourth-order valence-electron chi connectivity index (χ4n) is 3.35. The highest BCUT2D eigenvalue weighted by molar-refractivity contribution is 6.31. The van der Waals surface area contributed by atoms with Gasteiger partial charge in [0.2, 0.25) is 11.8 Å². The number of carboxylic acid groups (broad SMARTS) is 1. The van der Waals surface area contributed by atoms with Gasteiger partial charge >= 0.3 is 5.97 Å². The molecule has 1 aliphatic rings. The third-order valence-corrected chi connectivity index (χ3v) is 5.18. The van der Waals surface area contributed by atoms with Crippen molar-refractivity contribution in [2.24, 2.45) is 5.92 Å². The number of hydrogen-bond donors (Lipinski definition) is 2. The number of carboxylic acids is 1. The molecule has 1 fully saturated rings. The number of benzene rings is 1. The van der Waals surface area contributed by atoms with Crippen LogP contribution in [-0.4, -0.2) is 22.0 Å². The standard InChI is InChI=1S/C22H23ClN2O4/c23-18-6-3-13-24-21(18)29-17-10-7-16(8-11-17)14-19(22(27)28)25-20(26)12-9-15-4-1-2-5-15/h3,6-8,10-11,13-15H,1-2,4-5,9,12H2,(H,25,26)(H,27,28)/b19-14+. The lowest BCUT2D eigenvalue weighted by Crippen LogP contribution is -2.27. The molecule has 29 heavy (non-hydrogen) atoms. The number of carbonyl (C=O) groups excluding carboxylic acids is 1. The topological polar surface area (TPSA) is 88.5 Å². The van der Waals surface area contributed by atoms with Gasteiger partial charge in [-0.15, -0.1) is 0 Å². The zero-order chi connectivity index (χ0) is 20.6. The first-order valence-electron chi connectivity index (χ1n) is 9.64. The lowest BCUT2D eigenvalue weighted by atomic mass is 10.0. The van der Waals surface area contributed by atoms with Crippen LogP contribution in [0.5, 0.6) is 11.6 Å². The van der Waals surface area contributed by atoms with Gasteiger partial charge in [-0.25, -0.2) is 9.78 Å². The summed E-state index contributed by atoms with van der Waals surface area (Å²) in [6.07, 6.45) is 8.91. The lowest BCUT2D eigenvalue weighted by Gasteiger charge is -2.10. The van der Waals surface area contributed by atoms with Gasteiger partial charge in [0.1, 0.15) is 16.5 Å². The molecule has 152 valence electrons. The van der Waals surface area contributed by atoms with E-state index in [-0.39, 0.29) is 11.6 Å². The molecular formula is C22H23ClN2O4. The van der Waals surface area contributed by atoms with Crippen LogP contribution in [-0.2, 0) is 9.59 Å². The van der Waals surface area contributed by atoms with Crippen molar-refractivity contribution in [2.75, 3.05) is 0 Å². The second-order valence-electron chi connectivity index (χ2n) is 7.06. The lowest BCUT2D eigenvalue weighted by molar-refractivity contribution is -0.134. The normalized spacial score (nSPS) is 14.6. The van der Waals surface area contributed by atoms with Crippen molar-refractivity contribution in [1.29, 1.82) is 0 Å². The van der Waals surface area contributed by atoms with Gasteiger partial charge in [0.05, 0.1) is 0 Å². The molecule has 0 saturated heterocycles. The summed E-state index contributed by atoms with van der Waals surface area (Å²) in [6, 6.07) is 10.1. The van der Waals surface area contributed by atoms with Crippen LogP contribution in [0.3, 0.4) is 0 Å². The Morgan fingerprint density at radius 1 is 1.21 bits per heavy atom. The van der Waals surface area contributed by atoms with E-state index in [9.17, 15) is 14.7 Å². The molecule has 1 aliphatic carbocycles. The molecule has 0 unspecified atom stereocenters. The number of halogens is 1. The number of carbonyl (C=O) groups is 2. The summed E-state index contributed by atoms with van der Waals surface area (Å²) >= 11 is 6.02. The highest BCUT2D eigenvalue weighted by Crippen LogP contribution is 2.29. The second kappa shape index (κ2) is 10.1. The molecule has 0 aliphatic heterocycles. The van der Waals surface area contributed by atoms with E-state index in [1.54, 1.807) is 42.6 Å². The van der Waals surface area contributed by atoms with Gasteiger partial charge in [-0.3, -0.25) is 4.79 Å². The average Bonchev–Trinajstić information content (AvgIpc) is 3.23. The van der Waals surface area contributed by atoms with Gasteiger partial charge in [-0.2, -0.15) is 0 Å². The monoisotopic (exact) mass is 414 g/mol. The highest BCUT2D eigenvalue weighted by atomic mass is 35.5. The zero-order valence-electron chi connectivity index (χ0n) is 15.9. The third-order valence-electron chi connectivity index (χ3n) is 4.89. The third kappa shape index (κ3) is 6.32. The second-order valence-corrected chi connectivity index (χ2v) is 7.47. The van der Waals surface area contributed by atoms with E-state index in [0.29, 0.717) is 34.6 Å². The van der Waals surface area contributed by atoms with Crippen LogP contribution in [0.4, 0.5) is 0 Å². The van der Waals surface area contributed by atoms with Crippen molar-refractivity contribution in [3.63, 3.8) is 0 Å². The van der Waals surface area contributed by atoms with Crippen molar-refractivity contribution in [3.05, 3.63) is 58.9 Å². The molecule has 7 heteroatoms. The van der Waals surface area contributed by atoms with Gasteiger partial charge in [-0.05, 0) is 48.2 Å². The van der Waals surface area contributed by atoms with Crippen LogP contribution in [0, 0.1) is 5.92 Å². The van der Waals surface area contributed by atoms with Crippen molar-refractivity contribution in [2.45, 2.75) is 38.5 Å². The molecular weight excluding hydrogens is 392 g/mol. The minimum Gasteiger partial charge on any atom is -0.477 e. The zero-order valence-corrected chi connectivity index (χ0v) is 16.7. The van der Waals surface area contributed by atoms with E-state index in [2.05, 4.69) is 10.3 Å². The van der Waals surface area contributed by atoms with Crippen molar-refractivity contribution < 1.29 is 19.4 Å². The molecule has 1 amide bonds. The number of nitrogens with zero attached hydrogens (tertiary/aromatic N) is 1.